The third-order valence-corrected chi connectivity index (χ3v) is 3.24. The molecule has 0 aliphatic rings. The second-order valence-corrected chi connectivity index (χ2v) is 4.87. The highest BCUT2D eigenvalue weighted by molar-refractivity contribution is 6.33. The monoisotopic (exact) mass is 263 g/mol. The summed E-state index contributed by atoms with van der Waals surface area (Å²) < 4.78 is 0. The summed E-state index contributed by atoms with van der Waals surface area (Å²) in [5, 5.41) is 10.4. The fraction of sp³-hybridized carbons (Fsp3) is 0.214. The molecule has 3 nitrogen and oxygen atoms in total. The van der Waals surface area contributed by atoms with E-state index in [-0.39, 0.29) is 5.57 Å². The van der Waals surface area contributed by atoms with Gasteiger partial charge >= 0.3 is 5.97 Å². The molecule has 1 heterocycles. The van der Waals surface area contributed by atoms with Crippen molar-refractivity contribution in [1.82, 2.24) is 4.98 Å². The molecule has 1 aromatic heterocycles. The van der Waals surface area contributed by atoms with Crippen molar-refractivity contribution in [3.05, 3.63) is 39.5 Å². The molecule has 1 aromatic carbocycles. The van der Waals surface area contributed by atoms with Gasteiger partial charge in [0.15, 0.2) is 0 Å². The first-order valence-electron chi connectivity index (χ1n) is 5.60. The topological polar surface area (TPSA) is 53.1 Å². The molecular weight excluding hydrogens is 250 g/mol. The number of H-pyrrole nitrogens is 1. The summed E-state index contributed by atoms with van der Waals surface area (Å²) in [6.45, 7) is 5.56. The van der Waals surface area contributed by atoms with E-state index in [1.54, 1.807) is 13.0 Å². The molecular formula is C14H14ClNO2. The summed E-state index contributed by atoms with van der Waals surface area (Å²) in [5.74, 6) is -0.940. The first-order chi connectivity index (χ1) is 8.40. The molecule has 0 atom stereocenters. The Morgan fingerprint density at radius 2 is 2.06 bits per heavy atom. The van der Waals surface area contributed by atoms with Crippen LogP contribution in [-0.2, 0) is 4.79 Å². The quantitative estimate of drug-likeness (QED) is 0.807. The number of nitrogens with one attached hydrogen (secondary N) is 1. The highest BCUT2D eigenvalue weighted by atomic mass is 35.5. The lowest BCUT2D eigenvalue weighted by atomic mass is 10.0. The smallest absolute Gasteiger partial charge is 0.331 e. The van der Waals surface area contributed by atoms with Gasteiger partial charge < -0.3 is 10.1 Å². The minimum Gasteiger partial charge on any atom is -0.478 e. The van der Waals surface area contributed by atoms with Crippen LogP contribution in [0, 0.1) is 13.8 Å². The van der Waals surface area contributed by atoms with Crippen LogP contribution in [0.25, 0.3) is 17.0 Å². The van der Waals surface area contributed by atoms with Crippen molar-refractivity contribution in [1.29, 1.82) is 0 Å². The molecule has 0 saturated carbocycles. The van der Waals surface area contributed by atoms with E-state index in [2.05, 4.69) is 11.1 Å². The third kappa shape index (κ3) is 2.14. The number of carboxylic acid groups (broad SMARTS) is 1. The van der Waals surface area contributed by atoms with E-state index in [0.29, 0.717) is 5.15 Å². The fourth-order valence-corrected chi connectivity index (χ4v) is 2.31. The summed E-state index contributed by atoms with van der Waals surface area (Å²) in [6, 6.07) is 4.07. The zero-order chi connectivity index (χ0) is 13.4. The predicted octanol–water partition coefficient (Wildman–Crippen LogP) is 3.93. The molecule has 2 rings (SSSR count). The van der Waals surface area contributed by atoms with Crippen LogP contribution in [0.15, 0.2) is 17.7 Å². The van der Waals surface area contributed by atoms with Gasteiger partial charge in [-0.05, 0) is 38.5 Å². The number of hydrogen-bond donors (Lipinski definition) is 2. The van der Waals surface area contributed by atoms with Crippen molar-refractivity contribution >= 4 is 34.5 Å². The summed E-state index contributed by atoms with van der Waals surface area (Å²) in [7, 11) is 0. The molecule has 0 bridgehead atoms. The zero-order valence-electron chi connectivity index (χ0n) is 10.5. The zero-order valence-corrected chi connectivity index (χ0v) is 11.2. The summed E-state index contributed by atoms with van der Waals surface area (Å²) in [6.07, 6.45) is 1.60. The van der Waals surface area contributed by atoms with Crippen LogP contribution >= 0.6 is 11.6 Å². The number of benzene rings is 1. The average Bonchev–Trinajstić information content (AvgIpc) is 2.57. The Hall–Kier alpha value is -1.74. The van der Waals surface area contributed by atoms with Crippen LogP contribution < -0.4 is 0 Å². The van der Waals surface area contributed by atoms with Gasteiger partial charge in [-0.2, -0.15) is 0 Å². The molecule has 0 radical (unpaired) electrons. The maximum absolute atomic E-state index is 10.9. The highest BCUT2D eigenvalue weighted by Gasteiger charge is 2.12. The van der Waals surface area contributed by atoms with Gasteiger partial charge in [0, 0.05) is 16.5 Å². The Kier molecular flexibility index (Phi) is 3.18. The molecule has 0 amide bonds. The van der Waals surface area contributed by atoms with Gasteiger partial charge in [0.05, 0.1) is 5.52 Å². The standard InChI is InChI=1S/C14H14ClNO2/c1-7-4-8(2)12-10(5-7)11(13(15)16-12)6-9(3)14(17)18/h4-6,16H,1-3H3,(H,17,18)/b9-6+. The summed E-state index contributed by atoms with van der Waals surface area (Å²) >= 11 is 6.15. The van der Waals surface area contributed by atoms with Crippen molar-refractivity contribution in [3.63, 3.8) is 0 Å². The van der Waals surface area contributed by atoms with Crippen molar-refractivity contribution in [2.45, 2.75) is 20.8 Å². The van der Waals surface area contributed by atoms with Gasteiger partial charge in [-0.25, -0.2) is 4.79 Å². The van der Waals surface area contributed by atoms with Gasteiger partial charge in [0.1, 0.15) is 5.15 Å². The number of rotatable bonds is 2. The second-order valence-electron chi connectivity index (χ2n) is 4.49. The Morgan fingerprint density at radius 3 is 2.67 bits per heavy atom. The Labute approximate surface area is 110 Å². The maximum atomic E-state index is 10.9. The molecule has 0 aliphatic carbocycles. The number of aromatic nitrogens is 1. The van der Waals surface area contributed by atoms with Crippen LogP contribution in [0.2, 0.25) is 5.15 Å². The van der Waals surface area contributed by atoms with Crippen molar-refractivity contribution in [2.24, 2.45) is 0 Å². The van der Waals surface area contributed by atoms with E-state index >= 15 is 0 Å². The van der Waals surface area contributed by atoms with E-state index in [4.69, 9.17) is 16.7 Å². The number of carboxylic acids is 1. The van der Waals surface area contributed by atoms with Crippen LogP contribution in [0.3, 0.4) is 0 Å². The van der Waals surface area contributed by atoms with Gasteiger partial charge in [-0.1, -0.05) is 23.2 Å². The van der Waals surface area contributed by atoms with Gasteiger partial charge in [0.2, 0.25) is 0 Å². The fourth-order valence-electron chi connectivity index (χ4n) is 2.06. The van der Waals surface area contributed by atoms with Crippen LogP contribution in [-0.4, -0.2) is 16.1 Å². The molecule has 94 valence electrons. The molecule has 18 heavy (non-hydrogen) atoms. The van der Waals surface area contributed by atoms with Crippen molar-refractivity contribution in [3.8, 4) is 0 Å². The molecule has 0 fully saturated rings. The largest absolute Gasteiger partial charge is 0.478 e. The lowest BCUT2D eigenvalue weighted by Gasteiger charge is -2.00. The van der Waals surface area contributed by atoms with E-state index < -0.39 is 5.97 Å². The Morgan fingerprint density at radius 1 is 1.39 bits per heavy atom. The van der Waals surface area contributed by atoms with E-state index in [9.17, 15) is 4.79 Å². The predicted molar refractivity (Wildman–Crippen MR) is 74.1 cm³/mol. The molecule has 4 heteroatoms. The average molecular weight is 264 g/mol. The van der Waals surface area contributed by atoms with Gasteiger partial charge in [-0.3, -0.25) is 0 Å². The maximum Gasteiger partial charge on any atom is 0.331 e. The Bertz CT molecular complexity index is 668. The molecule has 0 unspecified atom stereocenters. The molecule has 0 spiro atoms. The first kappa shape index (κ1) is 12.7. The number of halogens is 1. The first-order valence-corrected chi connectivity index (χ1v) is 5.98. The van der Waals surface area contributed by atoms with E-state index in [1.165, 1.54) is 0 Å². The van der Waals surface area contributed by atoms with E-state index in [0.717, 1.165) is 27.6 Å². The highest BCUT2D eigenvalue weighted by Crippen LogP contribution is 2.31. The number of aryl methyl sites for hydroxylation is 2. The number of hydrogen-bond acceptors (Lipinski definition) is 1. The molecule has 0 saturated heterocycles. The number of aliphatic carboxylic acids is 1. The minimum atomic E-state index is -0.940. The van der Waals surface area contributed by atoms with Gasteiger partial charge in [-0.15, -0.1) is 0 Å². The van der Waals surface area contributed by atoms with Crippen molar-refractivity contribution in [2.75, 3.05) is 0 Å². The lowest BCUT2D eigenvalue weighted by molar-refractivity contribution is -0.132. The molecule has 2 N–H and O–H groups in total. The summed E-state index contributed by atoms with van der Waals surface area (Å²) in [4.78, 5) is 14.0. The third-order valence-electron chi connectivity index (χ3n) is 2.94. The SMILES string of the molecule is C/C(=C\c1c(Cl)[nH]c2c(C)cc(C)cc12)C(=O)O. The number of aromatic amines is 1. The number of fused-ring (bicyclic) bond motifs is 1. The Balaban J connectivity index is 2.75. The lowest BCUT2D eigenvalue weighted by Crippen LogP contribution is -1.95. The number of carbonyl (C=O) groups is 1. The second kappa shape index (κ2) is 4.50. The van der Waals surface area contributed by atoms with Crippen LogP contribution in [0.5, 0.6) is 0 Å². The van der Waals surface area contributed by atoms with Crippen LogP contribution in [0.1, 0.15) is 23.6 Å². The van der Waals surface area contributed by atoms with Crippen molar-refractivity contribution < 1.29 is 9.90 Å². The minimum absolute atomic E-state index is 0.261. The molecule has 2 aromatic rings. The summed E-state index contributed by atoms with van der Waals surface area (Å²) in [5.41, 5.74) is 4.17. The normalized spacial score (nSPS) is 12.1. The molecule has 0 aliphatic heterocycles. The van der Waals surface area contributed by atoms with E-state index in [1.807, 2.05) is 19.9 Å². The van der Waals surface area contributed by atoms with Gasteiger partial charge in [0.25, 0.3) is 0 Å². The van der Waals surface area contributed by atoms with Crippen LogP contribution in [0.4, 0.5) is 0 Å².